The number of aliphatic carboxylic acids is 1. The Labute approximate surface area is 257 Å². The topological polar surface area (TPSA) is 153 Å². The zero-order valence-corrected chi connectivity index (χ0v) is 25.8. The number of aromatic nitrogens is 1. The number of pyridine rings is 1. The van der Waals surface area contributed by atoms with Crippen LogP contribution < -0.4 is 5.56 Å². The van der Waals surface area contributed by atoms with E-state index in [1.54, 1.807) is 25.3 Å². The van der Waals surface area contributed by atoms with Gasteiger partial charge in [-0.1, -0.05) is 70.9 Å². The molecule has 0 unspecified atom stereocenters. The summed E-state index contributed by atoms with van der Waals surface area (Å²) in [5, 5.41) is 11.2. The van der Waals surface area contributed by atoms with Gasteiger partial charge in [-0.05, 0) is 111 Å². The Morgan fingerprint density at radius 1 is 0.841 bits per heavy atom. The van der Waals surface area contributed by atoms with Crippen molar-refractivity contribution in [1.29, 1.82) is 0 Å². The van der Waals surface area contributed by atoms with Crippen LogP contribution in [-0.2, 0) is 20.8 Å². The number of amides is 1. The first-order chi connectivity index (χ1) is 20.9. The van der Waals surface area contributed by atoms with Gasteiger partial charge in [0.2, 0.25) is 5.91 Å². The Bertz CT molecular complexity index is 1680. The van der Waals surface area contributed by atoms with E-state index in [9.17, 15) is 19.2 Å². The number of azide groups is 1. The average molecular weight is 595 g/mol. The fraction of sp³-hybridized carbons (Fsp3) is 0.257. The highest BCUT2D eigenvalue weighted by atomic mass is 16.4. The van der Waals surface area contributed by atoms with Crippen LogP contribution in [0.5, 0.6) is 0 Å². The van der Waals surface area contributed by atoms with Crippen molar-refractivity contribution in [3.8, 4) is 0 Å². The van der Waals surface area contributed by atoms with Crippen molar-refractivity contribution in [1.82, 2.24) is 4.98 Å². The number of H-pyrrole nitrogens is 1. The lowest BCUT2D eigenvalue weighted by Gasteiger charge is -1.93. The van der Waals surface area contributed by atoms with Gasteiger partial charge < -0.3 is 10.1 Å². The van der Waals surface area contributed by atoms with Gasteiger partial charge in [0.05, 0.1) is 0 Å². The largest absolute Gasteiger partial charge is 0.478 e. The molecular formula is C35H38N4O5. The summed E-state index contributed by atoms with van der Waals surface area (Å²) in [4.78, 5) is 47.7. The molecule has 1 aromatic heterocycles. The molecule has 1 heterocycles. The predicted molar refractivity (Wildman–Crippen MR) is 175 cm³/mol. The second-order valence-corrected chi connectivity index (χ2v) is 10.7. The molecule has 0 radical (unpaired) electrons. The molecule has 0 bridgehead atoms. The minimum Gasteiger partial charge on any atom is -0.478 e. The Balaban J connectivity index is 0.000000206. The van der Waals surface area contributed by atoms with Crippen LogP contribution in [0.25, 0.3) is 16.5 Å². The van der Waals surface area contributed by atoms with E-state index in [0.29, 0.717) is 0 Å². The first-order valence-electron chi connectivity index (χ1n) is 14.0. The molecule has 228 valence electrons. The first-order valence-corrected chi connectivity index (χ1v) is 14.0. The molecule has 0 aromatic carbocycles. The van der Waals surface area contributed by atoms with Crippen molar-refractivity contribution in [2.24, 2.45) is 5.11 Å². The van der Waals surface area contributed by atoms with Gasteiger partial charge in [0.1, 0.15) is 0 Å². The monoisotopic (exact) mass is 594 g/mol. The zero-order valence-electron chi connectivity index (χ0n) is 25.8. The Kier molecular flexibility index (Phi) is 14.0. The molecule has 2 N–H and O–H groups in total. The molecule has 0 spiro atoms. The van der Waals surface area contributed by atoms with E-state index in [1.165, 1.54) is 28.4 Å². The minimum atomic E-state index is -0.893. The summed E-state index contributed by atoms with van der Waals surface area (Å²) >= 11 is 0. The van der Waals surface area contributed by atoms with Gasteiger partial charge in [0.25, 0.3) is 5.56 Å². The van der Waals surface area contributed by atoms with Gasteiger partial charge in [0, 0.05) is 22.7 Å². The maximum absolute atomic E-state index is 11.2. The number of carbonyl (C=O) groups is 3. The van der Waals surface area contributed by atoms with Gasteiger partial charge in [-0.3, -0.25) is 14.4 Å². The summed E-state index contributed by atoms with van der Waals surface area (Å²) in [6.45, 7) is 9.73. The molecule has 9 nitrogen and oxygen atoms in total. The van der Waals surface area contributed by atoms with Crippen molar-refractivity contribution >= 4 is 23.7 Å². The number of allylic oxidation sites excluding steroid dienone is 15. The third kappa shape index (κ3) is 12.7. The summed E-state index contributed by atoms with van der Waals surface area (Å²) in [5.41, 5.74) is 18.1. The Morgan fingerprint density at radius 3 is 1.84 bits per heavy atom. The second-order valence-electron chi connectivity index (χ2n) is 10.7. The molecule has 0 saturated heterocycles. The van der Waals surface area contributed by atoms with Crippen LogP contribution >= 0.6 is 0 Å². The third-order valence-electron chi connectivity index (χ3n) is 6.59. The summed E-state index contributed by atoms with van der Waals surface area (Å²) in [6, 6.07) is 1.96. The van der Waals surface area contributed by atoms with Crippen molar-refractivity contribution in [2.75, 3.05) is 0 Å². The number of carbonyl (C=O) groups excluding carboxylic acids is 2. The molecule has 4 aliphatic rings. The lowest BCUT2D eigenvalue weighted by atomic mass is 10.1. The highest BCUT2D eigenvalue weighted by Gasteiger charge is 2.11. The van der Waals surface area contributed by atoms with Crippen molar-refractivity contribution in [2.45, 2.75) is 60.3 Å². The lowest BCUT2D eigenvalue weighted by molar-refractivity contribution is -0.131. The van der Waals surface area contributed by atoms with Crippen molar-refractivity contribution < 1.29 is 19.5 Å². The number of Topliss-reactive ketones (excluding diaryl/α,β-unsaturated/α-hetero) is 1. The molecule has 9 heteroatoms. The minimum absolute atomic E-state index is 0.0272. The predicted octanol–water partition coefficient (Wildman–Crippen LogP) is 7.75. The molecule has 5 rings (SSSR count). The highest BCUT2D eigenvalue weighted by Crippen LogP contribution is 2.21. The molecule has 44 heavy (non-hydrogen) atoms. The van der Waals surface area contributed by atoms with Crippen LogP contribution in [0, 0.1) is 0 Å². The van der Waals surface area contributed by atoms with Gasteiger partial charge in [0.15, 0.2) is 5.78 Å². The van der Waals surface area contributed by atoms with Crippen molar-refractivity contribution in [3.05, 3.63) is 144 Å². The molecule has 0 atom stereocenters. The second kappa shape index (κ2) is 17.6. The number of aromatic amines is 1. The zero-order chi connectivity index (χ0) is 32.6. The van der Waals surface area contributed by atoms with Crippen LogP contribution in [0.2, 0.25) is 0 Å². The number of fused-ring (bicyclic) bond motifs is 1. The third-order valence-corrected chi connectivity index (χ3v) is 6.59. The first kappa shape index (κ1) is 34.9. The summed E-state index contributed by atoms with van der Waals surface area (Å²) in [6.07, 6.45) is 24.7. The molecule has 0 aliphatic heterocycles. The van der Waals surface area contributed by atoms with E-state index in [0.717, 1.165) is 59.6 Å². The van der Waals surface area contributed by atoms with Gasteiger partial charge in [-0.25, -0.2) is 4.79 Å². The molecule has 0 fully saturated rings. The molecule has 0 saturated carbocycles. The number of ketones is 1. The quantitative estimate of drug-likeness (QED) is 0.154. The van der Waals surface area contributed by atoms with Crippen LogP contribution in [0.3, 0.4) is 0 Å². The summed E-state index contributed by atoms with van der Waals surface area (Å²) in [5.74, 6) is -1.26. The highest BCUT2D eigenvalue weighted by molar-refractivity contribution is 5.94. The maximum atomic E-state index is 11.2. The Morgan fingerprint density at radius 2 is 1.41 bits per heavy atom. The van der Waals surface area contributed by atoms with E-state index in [4.69, 9.17) is 10.6 Å². The maximum Gasteiger partial charge on any atom is 0.328 e. The summed E-state index contributed by atoms with van der Waals surface area (Å²) < 4.78 is 0. The van der Waals surface area contributed by atoms with E-state index in [-0.39, 0.29) is 11.3 Å². The standard InChI is InChI=1S/C9H9N3O.C9H9NO.C9H10O2.C8H10O/c1-7-2-3-8(6-7)4-5-9(13)11-12-10;1-6-4-7-2-3-10-9(11)8(7)5-6;1-7-2-3-8(6-7)4-5-9(10)11;1-6-3-4-8(5-6)7(2)9/h2-5H,6H2,1H3;2-3,5H,4H2,1H3,(H,10,11);2-5H,6H2,1H3,(H,10,11);3-4H,5H2,1-2H3/b5-4+;;5-4+;. The average Bonchev–Trinajstić information content (AvgIpc) is 3.76. The van der Waals surface area contributed by atoms with E-state index < -0.39 is 11.9 Å². The smallest absolute Gasteiger partial charge is 0.328 e. The fourth-order valence-corrected chi connectivity index (χ4v) is 4.39. The van der Waals surface area contributed by atoms with E-state index >= 15 is 0 Å². The summed E-state index contributed by atoms with van der Waals surface area (Å²) in [7, 11) is 0. The van der Waals surface area contributed by atoms with Gasteiger partial charge in [-0.2, -0.15) is 0 Å². The number of hydrogen-bond acceptors (Lipinski definition) is 4. The normalized spacial score (nSPS) is 15.8. The molecule has 4 aliphatic carbocycles. The van der Waals surface area contributed by atoms with Crippen LogP contribution in [0.15, 0.2) is 122 Å². The van der Waals surface area contributed by atoms with Gasteiger partial charge in [-0.15, -0.1) is 0 Å². The lowest BCUT2D eigenvalue weighted by Crippen LogP contribution is -2.08. The number of nitrogens with zero attached hydrogens (tertiary/aromatic N) is 3. The number of rotatable bonds is 5. The molecule has 1 amide bonds. The molecular weight excluding hydrogens is 556 g/mol. The molecule has 1 aromatic rings. The van der Waals surface area contributed by atoms with E-state index in [1.807, 2.05) is 76.3 Å². The number of carboxylic acids is 1. The SMILES string of the molecule is CC(=O)C1=CC=C(C)C1.CC1=CC=C(/C=C/C(=O)N=[N+]=[N-])C1.CC1=CC=C(/C=C/C(=O)O)C1.CC1=Cc2c(cc[nH]c2=O)C1. The van der Waals surface area contributed by atoms with Gasteiger partial charge >= 0.3 is 5.97 Å². The van der Waals surface area contributed by atoms with Crippen molar-refractivity contribution in [3.63, 3.8) is 0 Å². The number of hydrogen-bond donors (Lipinski definition) is 2. The fourth-order valence-electron chi connectivity index (χ4n) is 4.39. The number of nitrogens with one attached hydrogen (secondary N) is 1. The van der Waals surface area contributed by atoms with Crippen LogP contribution in [-0.4, -0.2) is 27.8 Å². The Hall–Kier alpha value is -5.27. The van der Waals surface area contributed by atoms with Crippen LogP contribution in [0.1, 0.15) is 65.0 Å². The number of carboxylic acid groups (broad SMARTS) is 1. The van der Waals surface area contributed by atoms with Crippen LogP contribution in [0.4, 0.5) is 0 Å². The van der Waals surface area contributed by atoms with E-state index in [2.05, 4.69) is 15.0 Å².